The molecule has 0 aliphatic rings. The van der Waals surface area contributed by atoms with Gasteiger partial charge in [-0.25, -0.2) is 4.68 Å². The van der Waals surface area contributed by atoms with E-state index in [0.29, 0.717) is 0 Å². The number of halogens is 1. The van der Waals surface area contributed by atoms with Crippen LogP contribution in [0.3, 0.4) is 0 Å². The molecule has 136 valence electrons. The fourth-order valence-electron chi connectivity index (χ4n) is 3.66. The summed E-state index contributed by atoms with van der Waals surface area (Å²) in [4.78, 5) is 4.74. The molecule has 0 radical (unpaired) electrons. The van der Waals surface area contributed by atoms with Crippen LogP contribution in [-0.2, 0) is 6.42 Å². The Morgan fingerprint density at radius 2 is 1.75 bits per heavy atom. The molecule has 0 saturated carbocycles. The van der Waals surface area contributed by atoms with Crippen LogP contribution in [0.25, 0.3) is 38.8 Å². The van der Waals surface area contributed by atoms with E-state index in [2.05, 4.69) is 70.0 Å². The maximum absolute atomic E-state index is 5.03. The van der Waals surface area contributed by atoms with Crippen molar-refractivity contribution in [2.24, 2.45) is 0 Å². The van der Waals surface area contributed by atoms with E-state index in [1.807, 2.05) is 36.5 Å². The molecule has 0 aliphatic heterocycles. The predicted molar refractivity (Wildman–Crippen MR) is 119 cm³/mol. The largest absolute Gasteiger partial charge is 0.255 e. The van der Waals surface area contributed by atoms with E-state index in [1.165, 1.54) is 5.56 Å². The van der Waals surface area contributed by atoms with Crippen LogP contribution >= 0.6 is 15.9 Å². The molecule has 0 saturated heterocycles. The first kappa shape index (κ1) is 17.1. The molecule has 0 N–H and O–H groups in total. The smallest absolute Gasteiger partial charge is 0.102 e. The minimum atomic E-state index is 0.941. The highest BCUT2D eigenvalue weighted by atomic mass is 79.9. The lowest BCUT2D eigenvalue weighted by Gasteiger charge is -2.07. The van der Waals surface area contributed by atoms with Crippen LogP contribution in [0.2, 0.25) is 0 Å². The van der Waals surface area contributed by atoms with E-state index in [0.717, 1.165) is 49.6 Å². The zero-order valence-electron chi connectivity index (χ0n) is 15.4. The average molecular weight is 428 g/mol. The Kier molecular flexibility index (Phi) is 4.21. The number of hydrogen-bond donors (Lipinski definition) is 0. The van der Waals surface area contributed by atoms with Gasteiger partial charge in [-0.2, -0.15) is 5.10 Å². The summed E-state index contributed by atoms with van der Waals surface area (Å²) in [6, 6.07) is 25.1. The van der Waals surface area contributed by atoms with Crippen molar-refractivity contribution in [1.82, 2.24) is 14.8 Å². The van der Waals surface area contributed by atoms with E-state index < -0.39 is 0 Å². The van der Waals surface area contributed by atoms with Crippen molar-refractivity contribution in [2.75, 3.05) is 0 Å². The number of nitrogens with zero attached hydrogens (tertiary/aromatic N) is 3. The predicted octanol–water partition coefficient (Wildman–Crippen LogP) is 6.57. The van der Waals surface area contributed by atoms with Crippen LogP contribution in [0.5, 0.6) is 0 Å². The van der Waals surface area contributed by atoms with E-state index in [-0.39, 0.29) is 0 Å². The first-order chi connectivity index (χ1) is 13.7. The standard InChI is InChI=1S/C24H18BrN3/c1-2-16-11-12-22-20(13-16)24-21(15-26-22)23(17-7-6-8-18(25)14-17)27-28(24)19-9-4-3-5-10-19/h3-15H,2H2,1H3. The van der Waals surface area contributed by atoms with Gasteiger partial charge in [0.25, 0.3) is 0 Å². The van der Waals surface area contributed by atoms with Crippen LogP contribution < -0.4 is 0 Å². The third-order valence-corrected chi connectivity index (χ3v) is 5.57. The third-order valence-electron chi connectivity index (χ3n) is 5.08. The van der Waals surface area contributed by atoms with Gasteiger partial charge in [0.1, 0.15) is 5.69 Å². The van der Waals surface area contributed by atoms with Crippen molar-refractivity contribution < 1.29 is 0 Å². The molecule has 2 aromatic heterocycles. The minimum Gasteiger partial charge on any atom is -0.255 e. The van der Waals surface area contributed by atoms with Crippen LogP contribution in [0, 0.1) is 0 Å². The van der Waals surface area contributed by atoms with Gasteiger partial charge >= 0.3 is 0 Å². The summed E-state index contributed by atoms with van der Waals surface area (Å²) in [5.41, 5.74) is 6.44. The molecule has 3 aromatic carbocycles. The van der Waals surface area contributed by atoms with Gasteiger partial charge in [0.05, 0.1) is 16.7 Å². The number of aromatic nitrogens is 3. The summed E-state index contributed by atoms with van der Waals surface area (Å²) in [5, 5.41) is 7.22. The molecule has 0 atom stereocenters. The van der Waals surface area contributed by atoms with Crippen molar-refractivity contribution in [3.8, 4) is 16.9 Å². The molecule has 0 bridgehead atoms. The molecule has 0 amide bonds. The lowest BCUT2D eigenvalue weighted by Crippen LogP contribution is -1.97. The monoisotopic (exact) mass is 427 g/mol. The second kappa shape index (κ2) is 6.88. The Morgan fingerprint density at radius 1 is 0.893 bits per heavy atom. The first-order valence-electron chi connectivity index (χ1n) is 9.36. The summed E-state index contributed by atoms with van der Waals surface area (Å²) in [6.45, 7) is 2.18. The highest BCUT2D eigenvalue weighted by Crippen LogP contribution is 2.34. The zero-order valence-corrected chi connectivity index (χ0v) is 17.0. The van der Waals surface area contributed by atoms with Crippen molar-refractivity contribution in [2.45, 2.75) is 13.3 Å². The molecule has 2 heterocycles. The van der Waals surface area contributed by atoms with Crippen molar-refractivity contribution in [3.63, 3.8) is 0 Å². The average Bonchev–Trinajstić information content (AvgIpc) is 3.14. The Hall–Kier alpha value is -2.98. The quantitative estimate of drug-likeness (QED) is 0.326. The lowest BCUT2D eigenvalue weighted by molar-refractivity contribution is 0.917. The first-order valence-corrected chi connectivity index (χ1v) is 10.2. The van der Waals surface area contributed by atoms with Gasteiger partial charge in [-0.3, -0.25) is 4.98 Å². The van der Waals surface area contributed by atoms with Gasteiger partial charge < -0.3 is 0 Å². The summed E-state index contributed by atoms with van der Waals surface area (Å²) in [5.74, 6) is 0. The number of aryl methyl sites for hydroxylation is 1. The van der Waals surface area contributed by atoms with Gasteiger partial charge in [0.15, 0.2) is 0 Å². The van der Waals surface area contributed by atoms with E-state index >= 15 is 0 Å². The molecule has 0 unspecified atom stereocenters. The number of fused-ring (bicyclic) bond motifs is 3. The summed E-state index contributed by atoms with van der Waals surface area (Å²) >= 11 is 3.58. The van der Waals surface area contributed by atoms with Crippen LogP contribution in [-0.4, -0.2) is 14.8 Å². The van der Waals surface area contributed by atoms with Crippen LogP contribution in [0.15, 0.2) is 83.5 Å². The van der Waals surface area contributed by atoms with Crippen molar-refractivity contribution in [3.05, 3.63) is 89.0 Å². The highest BCUT2D eigenvalue weighted by Gasteiger charge is 2.17. The molecule has 0 fully saturated rings. The molecular weight excluding hydrogens is 410 g/mol. The highest BCUT2D eigenvalue weighted by molar-refractivity contribution is 9.10. The maximum atomic E-state index is 5.03. The Bertz CT molecular complexity index is 1310. The fourth-order valence-corrected chi connectivity index (χ4v) is 4.06. The molecule has 5 rings (SSSR count). The summed E-state index contributed by atoms with van der Waals surface area (Å²) in [6.07, 6.45) is 2.94. The summed E-state index contributed by atoms with van der Waals surface area (Å²) in [7, 11) is 0. The molecular formula is C24H18BrN3. The molecule has 0 spiro atoms. The molecule has 3 nitrogen and oxygen atoms in total. The van der Waals surface area contributed by atoms with Crippen molar-refractivity contribution in [1.29, 1.82) is 0 Å². The number of pyridine rings is 1. The number of para-hydroxylation sites is 1. The van der Waals surface area contributed by atoms with Gasteiger partial charge in [-0.05, 0) is 48.4 Å². The second-order valence-electron chi connectivity index (χ2n) is 6.83. The van der Waals surface area contributed by atoms with Gasteiger partial charge in [-0.1, -0.05) is 59.3 Å². The van der Waals surface area contributed by atoms with Crippen LogP contribution in [0.1, 0.15) is 12.5 Å². The Balaban J connectivity index is 1.92. The van der Waals surface area contributed by atoms with E-state index in [4.69, 9.17) is 10.1 Å². The normalized spacial score (nSPS) is 11.4. The number of hydrogen-bond acceptors (Lipinski definition) is 2. The third kappa shape index (κ3) is 2.81. The van der Waals surface area contributed by atoms with Crippen molar-refractivity contribution >= 4 is 37.7 Å². The van der Waals surface area contributed by atoms with Gasteiger partial charge in [-0.15, -0.1) is 0 Å². The van der Waals surface area contributed by atoms with Gasteiger partial charge in [0, 0.05) is 27.0 Å². The lowest BCUT2D eigenvalue weighted by atomic mass is 10.0. The maximum Gasteiger partial charge on any atom is 0.102 e. The number of benzene rings is 3. The second-order valence-corrected chi connectivity index (χ2v) is 7.75. The summed E-state index contributed by atoms with van der Waals surface area (Å²) < 4.78 is 3.09. The topological polar surface area (TPSA) is 30.7 Å². The molecule has 28 heavy (non-hydrogen) atoms. The molecule has 4 heteroatoms. The molecule has 5 aromatic rings. The van der Waals surface area contributed by atoms with E-state index in [9.17, 15) is 0 Å². The fraction of sp³-hybridized carbons (Fsp3) is 0.0833. The Labute approximate surface area is 171 Å². The Morgan fingerprint density at radius 3 is 2.54 bits per heavy atom. The number of rotatable bonds is 3. The minimum absolute atomic E-state index is 0.941. The zero-order chi connectivity index (χ0) is 19.1. The molecule has 0 aliphatic carbocycles. The van der Waals surface area contributed by atoms with Crippen LogP contribution in [0.4, 0.5) is 0 Å². The van der Waals surface area contributed by atoms with E-state index in [1.54, 1.807) is 0 Å². The van der Waals surface area contributed by atoms with Gasteiger partial charge in [0.2, 0.25) is 0 Å². The SMILES string of the molecule is CCc1ccc2ncc3c(-c4cccc(Br)c4)nn(-c4ccccc4)c3c2c1.